The Morgan fingerprint density at radius 2 is 2.27 bits per heavy atom. The van der Waals surface area contributed by atoms with Crippen molar-refractivity contribution in [2.45, 2.75) is 0 Å². The van der Waals surface area contributed by atoms with E-state index in [1.54, 1.807) is 12.1 Å². The van der Waals surface area contributed by atoms with Gasteiger partial charge in [0.1, 0.15) is 11.3 Å². The molecule has 0 amide bonds. The zero-order valence-corrected chi connectivity index (χ0v) is 6.92. The van der Waals surface area contributed by atoms with E-state index in [0.717, 1.165) is 4.70 Å². The monoisotopic (exact) mass is 187 g/mol. The van der Waals surface area contributed by atoms with E-state index in [1.807, 2.05) is 0 Å². The van der Waals surface area contributed by atoms with Crippen LogP contribution >= 0.6 is 22.9 Å². The Hall–Kier alpha value is -0.670. The predicted molar refractivity (Wildman–Crippen MR) is 44.6 cm³/mol. The summed E-state index contributed by atoms with van der Waals surface area (Å²) in [6, 6.07) is 4.81. The van der Waals surface area contributed by atoms with Gasteiger partial charge in [-0.05, 0) is 12.1 Å². The lowest BCUT2D eigenvalue weighted by atomic mass is 10.3. The number of rotatable bonds is 0. The highest BCUT2D eigenvalue weighted by Gasteiger charge is 2.04. The average Bonchev–Trinajstić information content (AvgIpc) is 2.31. The van der Waals surface area contributed by atoms with Crippen molar-refractivity contribution in [1.29, 1.82) is 0 Å². The highest BCUT2D eigenvalue weighted by Crippen LogP contribution is 2.26. The summed E-state index contributed by atoms with van der Waals surface area (Å²) >= 11 is 6.88. The predicted octanol–water partition coefficient (Wildman–Crippen LogP) is 3.09. The summed E-state index contributed by atoms with van der Waals surface area (Å²) in [6.45, 7) is 0. The SMILES string of the molecule is Fc1cccc2sc(Cl)nc12. The molecule has 1 aromatic heterocycles. The molecule has 1 aromatic carbocycles. The molecule has 0 spiro atoms. The molecule has 0 fully saturated rings. The Morgan fingerprint density at radius 3 is 3.00 bits per heavy atom. The van der Waals surface area contributed by atoms with Gasteiger partial charge in [-0.2, -0.15) is 0 Å². The first kappa shape index (κ1) is 7.00. The summed E-state index contributed by atoms with van der Waals surface area (Å²) in [5.41, 5.74) is 0.363. The Balaban J connectivity index is 2.90. The third-order valence-corrected chi connectivity index (χ3v) is 2.47. The van der Waals surface area contributed by atoms with Crippen LogP contribution < -0.4 is 0 Å². The second-order valence-electron chi connectivity index (χ2n) is 2.05. The minimum atomic E-state index is -0.314. The maximum atomic E-state index is 12.9. The molecule has 0 atom stereocenters. The number of hydrogen-bond acceptors (Lipinski definition) is 2. The fourth-order valence-electron chi connectivity index (χ4n) is 0.888. The van der Waals surface area contributed by atoms with Crippen LogP contribution in [0.4, 0.5) is 4.39 Å². The standard InChI is InChI=1S/C7H3ClFNS/c8-7-10-6-4(9)2-1-3-5(6)11-7/h1-3H. The van der Waals surface area contributed by atoms with Crippen LogP contribution in [0.2, 0.25) is 4.47 Å². The Labute approximate surface area is 71.4 Å². The fourth-order valence-corrected chi connectivity index (χ4v) is 1.93. The fraction of sp³-hybridized carbons (Fsp3) is 0. The Bertz CT molecular complexity index is 398. The first-order chi connectivity index (χ1) is 5.27. The molecule has 4 heteroatoms. The summed E-state index contributed by atoms with van der Waals surface area (Å²) in [5.74, 6) is -0.314. The highest BCUT2D eigenvalue weighted by atomic mass is 35.5. The molecule has 0 saturated carbocycles. The molecular weight excluding hydrogens is 185 g/mol. The Morgan fingerprint density at radius 1 is 1.45 bits per heavy atom. The van der Waals surface area contributed by atoms with E-state index >= 15 is 0 Å². The third kappa shape index (κ3) is 1.10. The summed E-state index contributed by atoms with van der Waals surface area (Å²) in [7, 11) is 0. The van der Waals surface area contributed by atoms with Crippen molar-refractivity contribution < 1.29 is 4.39 Å². The van der Waals surface area contributed by atoms with Crippen molar-refractivity contribution in [3.05, 3.63) is 28.5 Å². The van der Waals surface area contributed by atoms with Gasteiger partial charge in [-0.3, -0.25) is 0 Å². The van der Waals surface area contributed by atoms with Crippen LogP contribution in [-0.2, 0) is 0 Å². The molecule has 0 N–H and O–H groups in total. The maximum Gasteiger partial charge on any atom is 0.184 e. The smallest absolute Gasteiger partial charge is 0.184 e. The van der Waals surface area contributed by atoms with Crippen LogP contribution in [0.3, 0.4) is 0 Å². The minimum Gasteiger partial charge on any atom is -0.222 e. The molecule has 0 unspecified atom stereocenters. The molecule has 0 bridgehead atoms. The van der Waals surface area contributed by atoms with Crippen molar-refractivity contribution >= 4 is 33.2 Å². The molecule has 56 valence electrons. The maximum absolute atomic E-state index is 12.9. The quantitative estimate of drug-likeness (QED) is 0.618. The Kier molecular flexibility index (Phi) is 1.55. The molecule has 0 aliphatic carbocycles. The highest BCUT2D eigenvalue weighted by molar-refractivity contribution is 7.22. The van der Waals surface area contributed by atoms with Crippen molar-refractivity contribution in [1.82, 2.24) is 4.98 Å². The van der Waals surface area contributed by atoms with Gasteiger partial charge in [-0.1, -0.05) is 17.7 Å². The first-order valence-electron chi connectivity index (χ1n) is 2.98. The second kappa shape index (κ2) is 2.43. The van der Waals surface area contributed by atoms with Gasteiger partial charge in [-0.15, -0.1) is 11.3 Å². The molecule has 0 radical (unpaired) electrons. The number of halogens is 2. The largest absolute Gasteiger partial charge is 0.222 e. The zero-order valence-electron chi connectivity index (χ0n) is 5.34. The molecule has 1 nitrogen and oxygen atoms in total. The van der Waals surface area contributed by atoms with Gasteiger partial charge in [0.15, 0.2) is 4.47 Å². The number of benzene rings is 1. The van der Waals surface area contributed by atoms with Crippen LogP contribution in [-0.4, -0.2) is 4.98 Å². The van der Waals surface area contributed by atoms with E-state index in [1.165, 1.54) is 17.4 Å². The second-order valence-corrected chi connectivity index (χ2v) is 3.67. The summed E-state index contributed by atoms with van der Waals surface area (Å²) in [5, 5.41) is 0. The van der Waals surface area contributed by atoms with Gasteiger partial charge in [0.2, 0.25) is 0 Å². The van der Waals surface area contributed by atoms with Gasteiger partial charge < -0.3 is 0 Å². The van der Waals surface area contributed by atoms with E-state index in [0.29, 0.717) is 9.98 Å². The molecule has 11 heavy (non-hydrogen) atoms. The summed E-state index contributed by atoms with van der Waals surface area (Å²) in [4.78, 5) is 3.82. The van der Waals surface area contributed by atoms with E-state index in [9.17, 15) is 4.39 Å². The lowest BCUT2D eigenvalue weighted by Crippen LogP contribution is -1.74. The van der Waals surface area contributed by atoms with Crippen LogP contribution in [0.25, 0.3) is 10.2 Å². The van der Waals surface area contributed by atoms with Crippen LogP contribution in [0.5, 0.6) is 0 Å². The molecular formula is C7H3ClFNS. The van der Waals surface area contributed by atoms with E-state index in [-0.39, 0.29) is 5.82 Å². The summed E-state index contributed by atoms with van der Waals surface area (Å²) < 4.78 is 14.1. The van der Waals surface area contributed by atoms with Crippen LogP contribution in [0.15, 0.2) is 18.2 Å². The average molecular weight is 188 g/mol. The normalized spacial score (nSPS) is 10.7. The molecule has 1 heterocycles. The van der Waals surface area contributed by atoms with Crippen molar-refractivity contribution in [2.24, 2.45) is 0 Å². The van der Waals surface area contributed by atoms with Crippen molar-refractivity contribution in [2.75, 3.05) is 0 Å². The molecule has 2 aromatic rings. The van der Waals surface area contributed by atoms with Gasteiger partial charge in [0, 0.05) is 0 Å². The van der Waals surface area contributed by atoms with Crippen molar-refractivity contribution in [3.63, 3.8) is 0 Å². The van der Waals surface area contributed by atoms with Gasteiger partial charge >= 0.3 is 0 Å². The van der Waals surface area contributed by atoms with Gasteiger partial charge in [-0.25, -0.2) is 9.37 Å². The van der Waals surface area contributed by atoms with E-state index in [2.05, 4.69) is 4.98 Å². The zero-order chi connectivity index (χ0) is 7.84. The molecule has 0 aliphatic heterocycles. The van der Waals surface area contributed by atoms with E-state index in [4.69, 9.17) is 11.6 Å². The van der Waals surface area contributed by atoms with Crippen molar-refractivity contribution in [3.8, 4) is 0 Å². The lowest BCUT2D eigenvalue weighted by Gasteiger charge is -1.86. The molecule has 0 aliphatic rings. The number of thiazole rings is 1. The molecule has 0 saturated heterocycles. The first-order valence-corrected chi connectivity index (χ1v) is 4.17. The van der Waals surface area contributed by atoms with E-state index < -0.39 is 0 Å². The number of hydrogen-bond donors (Lipinski definition) is 0. The third-order valence-electron chi connectivity index (χ3n) is 1.34. The minimum absolute atomic E-state index is 0.314. The topological polar surface area (TPSA) is 12.9 Å². The van der Waals surface area contributed by atoms with Gasteiger partial charge in [0.25, 0.3) is 0 Å². The number of para-hydroxylation sites is 1. The van der Waals surface area contributed by atoms with Crippen LogP contribution in [0, 0.1) is 5.82 Å². The molecule has 2 rings (SSSR count). The number of aromatic nitrogens is 1. The summed E-state index contributed by atoms with van der Waals surface area (Å²) in [6.07, 6.45) is 0. The number of fused-ring (bicyclic) bond motifs is 1. The van der Waals surface area contributed by atoms with Crippen LogP contribution in [0.1, 0.15) is 0 Å². The lowest BCUT2D eigenvalue weighted by molar-refractivity contribution is 0.637. The van der Waals surface area contributed by atoms with Gasteiger partial charge in [0.05, 0.1) is 4.70 Å². The number of nitrogens with zero attached hydrogens (tertiary/aromatic N) is 1.